The Morgan fingerprint density at radius 1 is 1.04 bits per heavy atom. The number of hydrogen-bond acceptors (Lipinski definition) is 6. The van der Waals surface area contributed by atoms with Gasteiger partial charge in [-0.05, 0) is 23.6 Å². The predicted molar refractivity (Wildman–Crippen MR) is 103 cm³/mol. The lowest BCUT2D eigenvalue weighted by Gasteiger charge is -2.11. The maximum atomic E-state index is 6.11. The van der Waals surface area contributed by atoms with E-state index in [-0.39, 0.29) is 0 Å². The van der Waals surface area contributed by atoms with E-state index < -0.39 is 0 Å². The first kappa shape index (κ1) is 16.0. The monoisotopic (exact) mass is 349 g/mol. The molecule has 0 spiro atoms. The number of anilines is 2. The van der Waals surface area contributed by atoms with Crippen LogP contribution in [0.25, 0.3) is 21.8 Å². The molecule has 4 rings (SSSR count). The van der Waals surface area contributed by atoms with Crippen molar-refractivity contribution < 1.29 is 9.47 Å². The first-order chi connectivity index (χ1) is 12.7. The van der Waals surface area contributed by atoms with E-state index in [0.29, 0.717) is 35.3 Å². The summed E-state index contributed by atoms with van der Waals surface area (Å²) in [6, 6.07) is 13.8. The maximum Gasteiger partial charge on any atom is 0.225 e. The molecule has 0 saturated carbocycles. The lowest BCUT2D eigenvalue weighted by Crippen LogP contribution is -2.06. The van der Waals surface area contributed by atoms with E-state index in [9.17, 15) is 0 Å². The number of aromatic amines is 1. The second-order valence-corrected chi connectivity index (χ2v) is 5.89. The van der Waals surface area contributed by atoms with Gasteiger partial charge in [0.15, 0.2) is 11.5 Å². The molecule has 0 aliphatic carbocycles. The lowest BCUT2D eigenvalue weighted by atomic mass is 10.2. The molecule has 2 aromatic heterocycles. The van der Waals surface area contributed by atoms with Crippen LogP contribution in [0.5, 0.6) is 11.5 Å². The maximum absolute atomic E-state index is 6.11. The Kier molecular flexibility index (Phi) is 3.96. The molecule has 0 aliphatic rings. The van der Waals surface area contributed by atoms with Crippen LogP contribution in [0.3, 0.4) is 0 Å². The summed E-state index contributed by atoms with van der Waals surface area (Å²) in [7, 11) is 3.17. The zero-order valence-electron chi connectivity index (χ0n) is 14.5. The molecule has 7 nitrogen and oxygen atoms in total. The van der Waals surface area contributed by atoms with E-state index >= 15 is 0 Å². The standard InChI is InChI=1S/C19H19N5O2/c1-25-16-8-13-15(9-17(16)26-2)23-19(24-18(13)20)21-10-12-7-11-5-3-4-6-14(11)22-12/h3-9,22H,10H2,1-2H3,(H3,20,21,23,24). The van der Waals surface area contributed by atoms with Gasteiger partial charge in [0.25, 0.3) is 0 Å². The second kappa shape index (κ2) is 6.44. The normalized spacial score (nSPS) is 11.0. The van der Waals surface area contributed by atoms with Gasteiger partial charge in [-0.3, -0.25) is 0 Å². The number of H-pyrrole nitrogens is 1. The second-order valence-electron chi connectivity index (χ2n) is 5.89. The van der Waals surface area contributed by atoms with Gasteiger partial charge in [-0.2, -0.15) is 4.98 Å². The molecular weight excluding hydrogens is 330 g/mol. The highest BCUT2D eigenvalue weighted by molar-refractivity contribution is 5.91. The summed E-state index contributed by atoms with van der Waals surface area (Å²) < 4.78 is 10.6. The highest BCUT2D eigenvalue weighted by Gasteiger charge is 2.12. The molecule has 0 unspecified atom stereocenters. The Hall–Kier alpha value is -3.48. The van der Waals surface area contributed by atoms with Crippen LogP contribution in [0, 0.1) is 0 Å². The summed E-state index contributed by atoms with van der Waals surface area (Å²) in [6.45, 7) is 0.562. The highest BCUT2D eigenvalue weighted by atomic mass is 16.5. The number of ether oxygens (including phenoxy) is 2. The number of fused-ring (bicyclic) bond motifs is 2. The third-order valence-corrected chi connectivity index (χ3v) is 4.25. The molecule has 0 bridgehead atoms. The number of nitrogens with one attached hydrogen (secondary N) is 2. The Morgan fingerprint density at radius 3 is 2.58 bits per heavy atom. The van der Waals surface area contributed by atoms with E-state index in [1.54, 1.807) is 26.4 Å². The molecule has 0 atom stereocenters. The summed E-state index contributed by atoms with van der Waals surface area (Å²) in [6.07, 6.45) is 0. The third kappa shape index (κ3) is 2.83. The van der Waals surface area contributed by atoms with Gasteiger partial charge in [-0.1, -0.05) is 18.2 Å². The molecular formula is C19H19N5O2. The van der Waals surface area contributed by atoms with Crippen molar-refractivity contribution in [3.63, 3.8) is 0 Å². The van der Waals surface area contributed by atoms with Crippen molar-refractivity contribution in [2.75, 3.05) is 25.3 Å². The Bertz CT molecular complexity index is 1060. The van der Waals surface area contributed by atoms with Gasteiger partial charge in [0, 0.05) is 22.7 Å². The average Bonchev–Trinajstić information content (AvgIpc) is 3.08. The average molecular weight is 349 g/mol. The van der Waals surface area contributed by atoms with E-state index in [1.165, 1.54) is 5.39 Å². The number of rotatable bonds is 5. The van der Waals surface area contributed by atoms with Crippen LogP contribution in [0.1, 0.15) is 5.69 Å². The van der Waals surface area contributed by atoms with Crippen molar-refractivity contribution in [3.8, 4) is 11.5 Å². The van der Waals surface area contributed by atoms with Gasteiger partial charge < -0.3 is 25.5 Å². The minimum atomic E-state index is 0.384. The summed E-state index contributed by atoms with van der Waals surface area (Å²) in [5.41, 5.74) is 8.94. The molecule has 2 heterocycles. The van der Waals surface area contributed by atoms with E-state index in [1.807, 2.05) is 18.2 Å². The molecule has 0 aliphatic heterocycles. The Labute approximate surface area is 150 Å². The largest absolute Gasteiger partial charge is 0.493 e. The topological polar surface area (TPSA) is 98.1 Å². The number of nitrogens with two attached hydrogens (primary N) is 1. The summed E-state index contributed by atoms with van der Waals surface area (Å²) in [5.74, 6) is 2.03. The van der Waals surface area contributed by atoms with Crippen molar-refractivity contribution >= 4 is 33.6 Å². The van der Waals surface area contributed by atoms with Crippen LogP contribution < -0.4 is 20.5 Å². The molecule has 0 radical (unpaired) electrons. The molecule has 0 amide bonds. The van der Waals surface area contributed by atoms with Crippen molar-refractivity contribution in [2.24, 2.45) is 0 Å². The molecule has 4 aromatic rings. The van der Waals surface area contributed by atoms with E-state index in [0.717, 1.165) is 16.6 Å². The summed E-state index contributed by atoms with van der Waals surface area (Å²) in [5, 5.41) is 5.10. The van der Waals surface area contributed by atoms with E-state index in [4.69, 9.17) is 15.2 Å². The third-order valence-electron chi connectivity index (χ3n) is 4.25. The molecule has 2 aromatic carbocycles. The molecule has 26 heavy (non-hydrogen) atoms. The molecule has 132 valence electrons. The van der Waals surface area contributed by atoms with Gasteiger partial charge in [0.05, 0.1) is 26.3 Å². The predicted octanol–water partition coefficient (Wildman–Crippen LogP) is 3.32. The fourth-order valence-electron chi connectivity index (χ4n) is 2.96. The van der Waals surface area contributed by atoms with Crippen LogP contribution >= 0.6 is 0 Å². The van der Waals surface area contributed by atoms with Crippen molar-refractivity contribution in [2.45, 2.75) is 6.54 Å². The smallest absolute Gasteiger partial charge is 0.225 e. The Morgan fingerprint density at radius 2 is 1.81 bits per heavy atom. The number of benzene rings is 2. The van der Waals surface area contributed by atoms with Gasteiger partial charge in [0.1, 0.15) is 5.82 Å². The fraction of sp³-hybridized carbons (Fsp3) is 0.158. The summed E-state index contributed by atoms with van der Waals surface area (Å²) in [4.78, 5) is 12.2. The quantitative estimate of drug-likeness (QED) is 0.511. The van der Waals surface area contributed by atoms with Gasteiger partial charge >= 0.3 is 0 Å². The van der Waals surface area contributed by atoms with Gasteiger partial charge in [-0.25, -0.2) is 4.98 Å². The molecule has 7 heteroatoms. The SMILES string of the molecule is COc1cc2nc(NCc3cc4ccccc4[nH]3)nc(N)c2cc1OC. The zero-order valence-corrected chi connectivity index (χ0v) is 14.5. The fourth-order valence-corrected chi connectivity index (χ4v) is 2.96. The number of hydrogen-bond donors (Lipinski definition) is 3. The summed E-state index contributed by atoms with van der Waals surface area (Å²) >= 11 is 0. The van der Waals surface area contributed by atoms with Crippen molar-refractivity contribution in [3.05, 3.63) is 48.2 Å². The van der Waals surface area contributed by atoms with Crippen molar-refractivity contribution in [1.82, 2.24) is 15.0 Å². The first-order valence-corrected chi connectivity index (χ1v) is 8.17. The van der Waals surface area contributed by atoms with Crippen LogP contribution in [0.2, 0.25) is 0 Å². The highest BCUT2D eigenvalue weighted by Crippen LogP contribution is 2.33. The lowest BCUT2D eigenvalue weighted by molar-refractivity contribution is 0.356. The Balaban J connectivity index is 1.63. The van der Waals surface area contributed by atoms with E-state index in [2.05, 4.69) is 32.4 Å². The number of aromatic nitrogens is 3. The van der Waals surface area contributed by atoms with Gasteiger partial charge in [0.2, 0.25) is 5.95 Å². The minimum absolute atomic E-state index is 0.384. The molecule has 0 fully saturated rings. The zero-order chi connectivity index (χ0) is 18.1. The van der Waals surface area contributed by atoms with Crippen LogP contribution in [0.4, 0.5) is 11.8 Å². The number of para-hydroxylation sites is 1. The van der Waals surface area contributed by atoms with Crippen molar-refractivity contribution in [1.29, 1.82) is 0 Å². The van der Waals surface area contributed by atoms with Crippen LogP contribution in [-0.2, 0) is 6.54 Å². The number of methoxy groups -OCH3 is 2. The number of nitrogen functional groups attached to an aromatic ring is 1. The molecule has 0 saturated heterocycles. The molecule has 4 N–H and O–H groups in total. The van der Waals surface area contributed by atoms with Gasteiger partial charge in [-0.15, -0.1) is 0 Å². The number of nitrogens with zero attached hydrogens (tertiary/aromatic N) is 2. The van der Waals surface area contributed by atoms with Crippen LogP contribution in [0.15, 0.2) is 42.5 Å². The minimum Gasteiger partial charge on any atom is -0.493 e. The first-order valence-electron chi connectivity index (χ1n) is 8.17. The van der Waals surface area contributed by atoms with Crippen LogP contribution in [-0.4, -0.2) is 29.2 Å².